The summed E-state index contributed by atoms with van der Waals surface area (Å²) in [5.74, 6) is -1.07. The van der Waals surface area contributed by atoms with E-state index in [1.165, 1.54) is 12.1 Å². The summed E-state index contributed by atoms with van der Waals surface area (Å²) in [6, 6.07) is 3.62. The van der Waals surface area contributed by atoms with Crippen LogP contribution in [0.2, 0.25) is 0 Å². The third-order valence-corrected chi connectivity index (χ3v) is 1.69. The second-order valence-corrected chi connectivity index (χ2v) is 2.63. The molecule has 0 aromatic heterocycles. The van der Waals surface area contributed by atoms with Crippen molar-refractivity contribution in [2.45, 2.75) is 12.8 Å². The van der Waals surface area contributed by atoms with Gasteiger partial charge in [0.15, 0.2) is 0 Å². The number of phenols is 1. The molecule has 1 aromatic rings. The Bertz CT molecular complexity index is 297. The first-order valence-corrected chi connectivity index (χ1v) is 3.59. The van der Waals surface area contributed by atoms with Gasteiger partial charge in [0.1, 0.15) is 17.9 Å². The Morgan fingerprint density at radius 3 is 2.75 bits per heavy atom. The smallest absolute Gasteiger partial charge is 0.127 e. The van der Waals surface area contributed by atoms with Crippen molar-refractivity contribution < 1.29 is 14.3 Å². The minimum Gasteiger partial charge on any atom is -0.508 e. The molecule has 1 aromatic carbocycles. The SMILES string of the molecule is CC(C=O)c1ccc(F)cc1O. The van der Waals surface area contributed by atoms with E-state index >= 15 is 0 Å². The molecule has 0 bridgehead atoms. The van der Waals surface area contributed by atoms with E-state index in [2.05, 4.69) is 0 Å². The zero-order valence-corrected chi connectivity index (χ0v) is 6.62. The predicted molar refractivity (Wildman–Crippen MR) is 42.5 cm³/mol. The average molecular weight is 168 g/mol. The predicted octanol–water partition coefficient (Wildman–Crippen LogP) is 1.83. The van der Waals surface area contributed by atoms with E-state index in [9.17, 15) is 14.3 Å². The van der Waals surface area contributed by atoms with Crippen molar-refractivity contribution in [3.8, 4) is 5.75 Å². The molecule has 64 valence electrons. The second kappa shape index (κ2) is 3.34. The lowest BCUT2D eigenvalue weighted by atomic mass is 10.0. The molecule has 12 heavy (non-hydrogen) atoms. The molecular weight excluding hydrogens is 159 g/mol. The summed E-state index contributed by atoms with van der Waals surface area (Å²) in [5, 5.41) is 9.19. The van der Waals surface area contributed by atoms with Crippen LogP contribution in [-0.2, 0) is 4.79 Å². The normalized spacial score (nSPS) is 12.5. The number of carbonyl (C=O) groups excluding carboxylic acids is 1. The van der Waals surface area contributed by atoms with Gasteiger partial charge < -0.3 is 9.90 Å². The van der Waals surface area contributed by atoms with E-state index in [1.54, 1.807) is 6.92 Å². The lowest BCUT2D eigenvalue weighted by Crippen LogP contribution is -1.94. The minimum atomic E-state index is -0.505. The Hall–Kier alpha value is -1.38. The van der Waals surface area contributed by atoms with Crippen molar-refractivity contribution in [3.05, 3.63) is 29.6 Å². The highest BCUT2D eigenvalue weighted by molar-refractivity contribution is 5.63. The first-order chi connectivity index (χ1) is 5.65. The van der Waals surface area contributed by atoms with E-state index in [4.69, 9.17) is 0 Å². The molecule has 0 aliphatic heterocycles. The fraction of sp³-hybridized carbons (Fsp3) is 0.222. The van der Waals surface area contributed by atoms with Gasteiger partial charge in [-0.3, -0.25) is 0 Å². The molecule has 0 fully saturated rings. The first kappa shape index (κ1) is 8.71. The second-order valence-electron chi connectivity index (χ2n) is 2.63. The fourth-order valence-electron chi connectivity index (χ4n) is 0.975. The van der Waals surface area contributed by atoms with E-state index in [0.29, 0.717) is 11.8 Å². The summed E-state index contributed by atoms with van der Waals surface area (Å²) in [6.07, 6.45) is 0.701. The molecule has 3 heteroatoms. The number of benzene rings is 1. The molecule has 0 spiro atoms. The molecule has 2 nitrogen and oxygen atoms in total. The maximum atomic E-state index is 12.5. The number of aromatic hydroxyl groups is 1. The molecule has 0 aliphatic rings. The molecule has 0 heterocycles. The molecule has 1 rings (SSSR count). The topological polar surface area (TPSA) is 37.3 Å². The monoisotopic (exact) mass is 168 g/mol. The van der Waals surface area contributed by atoms with Gasteiger partial charge in [-0.25, -0.2) is 4.39 Å². The zero-order chi connectivity index (χ0) is 9.14. The van der Waals surface area contributed by atoms with Gasteiger partial charge in [-0.2, -0.15) is 0 Å². The van der Waals surface area contributed by atoms with E-state index < -0.39 is 11.7 Å². The summed E-state index contributed by atoms with van der Waals surface area (Å²) in [4.78, 5) is 10.3. The van der Waals surface area contributed by atoms with Gasteiger partial charge in [-0.1, -0.05) is 13.0 Å². The van der Waals surface area contributed by atoms with Gasteiger partial charge in [0, 0.05) is 17.5 Å². The molecule has 0 saturated carbocycles. The Morgan fingerprint density at radius 2 is 2.25 bits per heavy atom. The third-order valence-electron chi connectivity index (χ3n) is 1.69. The summed E-state index contributed by atoms with van der Waals surface area (Å²) < 4.78 is 12.5. The highest BCUT2D eigenvalue weighted by atomic mass is 19.1. The van der Waals surface area contributed by atoms with Crippen LogP contribution in [-0.4, -0.2) is 11.4 Å². The lowest BCUT2D eigenvalue weighted by Gasteiger charge is -2.05. The standard InChI is InChI=1S/C9H9FO2/c1-6(5-11)8-3-2-7(10)4-9(8)12/h2-6,12H,1H3. The number of hydrogen-bond acceptors (Lipinski definition) is 2. The molecule has 0 radical (unpaired) electrons. The number of halogens is 1. The van der Waals surface area contributed by atoms with E-state index in [-0.39, 0.29) is 5.75 Å². The van der Waals surface area contributed by atoms with Crippen LogP contribution in [0.25, 0.3) is 0 Å². The third kappa shape index (κ3) is 1.61. The number of aldehydes is 1. The van der Waals surface area contributed by atoms with Crippen molar-refractivity contribution >= 4 is 6.29 Å². The maximum absolute atomic E-state index is 12.5. The van der Waals surface area contributed by atoms with Gasteiger partial charge in [-0.15, -0.1) is 0 Å². The van der Waals surface area contributed by atoms with Gasteiger partial charge in [0.2, 0.25) is 0 Å². The van der Waals surface area contributed by atoms with Crippen LogP contribution in [0.3, 0.4) is 0 Å². The molecular formula is C9H9FO2. The Morgan fingerprint density at radius 1 is 1.58 bits per heavy atom. The van der Waals surface area contributed by atoms with Crippen LogP contribution in [0.15, 0.2) is 18.2 Å². The Kier molecular flexibility index (Phi) is 2.43. The van der Waals surface area contributed by atoms with Crippen molar-refractivity contribution in [3.63, 3.8) is 0 Å². The minimum absolute atomic E-state index is 0.172. The van der Waals surface area contributed by atoms with Crippen LogP contribution in [0.1, 0.15) is 18.4 Å². The van der Waals surface area contributed by atoms with Gasteiger partial charge >= 0.3 is 0 Å². The van der Waals surface area contributed by atoms with Gasteiger partial charge in [-0.05, 0) is 6.07 Å². The molecule has 1 unspecified atom stereocenters. The first-order valence-electron chi connectivity index (χ1n) is 3.59. The van der Waals surface area contributed by atoms with Crippen molar-refractivity contribution in [1.82, 2.24) is 0 Å². The fourth-order valence-corrected chi connectivity index (χ4v) is 0.975. The number of rotatable bonds is 2. The van der Waals surface area contributed by atoms with E-state index in [0.717, 1.165) is 6.07 Å². The van der Waals surface area contributed by atoms with Gasteiger partial charge in [0.05, 0.1) is 0 Å². The van der Waals surface area contributed by atoms with Crippen LogP contribution >= 0.6 is 0 Å². The molecule has 0 amide bonds. The molecule has 1 atom stereocenters. The number of phenolic OH excluding ortho intramolecular Hbond substituents is 1. The lowest BCUT2D eigenvalue weighted by molar-refractivity contribution is -0.108. The largest absolute Gasteiger partial charge is 0.508 e. The Labute approximate surface area is 69.6 Å². The van der Waals surface area contributed by atoms with Crippen molar-refractivity contribution in [2.24, 2.45) is 0 Å². The van der Waals surface area contributed by atoms with Crippen LogP contribution in [0.5, 0.6) is 5.75 Å². The Balaban J connectivity index is 3.09. The number of carbonyl (C=O) groups is 1. The highest BCUT2D eigenvalue weighted by Crippen LogP contribution is 2.24. The van der Waals surface area contributed by atoms with Crippen LogP contribution in [0.4, 0.5) is 4.39 Å². The summed E-state index contributed by atoms with van der Waals surface area (Å²) >= 11 is 0. The van der Waals surface area contributed by atoms with Crippen molar-refractivity contribution in [2.75, 3.05) is 0 Å². The molecule has 1 N–H and O–H groups in total. The molecule has 0 aliphatic carbocycles. The quantitative estimate of drug-likeness (QED) is 0.684. The van der Waals surface area contributed by atoms with Crippen molar-refractivity contribution in [1.29, 1.82) is 0 Å². The van der Waals surface area contributed by atoms with E-state index in [1.807, 2.05) is 0 Å². The maximum Gasteiger partial charge on any atom is 0.127 e. The zero-order valence-electron chi connectivity index (χ0n) is 6.62. The summed E-state index contributed by atoms with van der Waals surface area (Å²) in [7, 11) is 0. The molecule has 0 saturated heterocycles. The number of hydrogen-bond donors (Lipinski definition) is 1. The highest BCUT2D eigenvalue weighted by Gasteiger charge is 2.09. The van der Waals surface area contributed by atoms with Crippen LogP contribution in [0, 0.1) is 5.82 Å². The van der Waals surface area contributed by atoms with Crippen LogP contribution < -0.4 is 0 Å². The summed E-state index contributed by atoms with van der Waals surface area (Å²) in [5.41, 5.74) is 0.450. The van der Waals surface area contributed by atoms with Gasteiger partial charge in [0.25, 0.3) is 0 Å². The summed E-state index contributed by atoms with van der Waals surface area (Å²) in [6.45, 7) is 1.64. The average Bonchev–Trinajstić information content (AvgIpc) is 2.03.